The Bertz CT molecular complexity index is 847. The number of nitrogens with zero attached hydrogens (tertiary/aromatic N) is 1. The molecule has 0 heterocycles. The van der Waals surface area contributed by atoms with E-state index in [-0.39, 0.29) is 21.7 Å². The van der Waals surface area contributed by atoms with Crippen molar-refractivity contribution in [1.29, 1.82) is 0 Å². The number of benzene rings is 1. The van der Waals surface area contributed by atoms with E-state index < -0.39 is 7.05 Å². The molecule has 1 aliphatic rings. The Kier molecular flexibility index (Phi) is 15.8. The van der Waals surface area contributed by atoms with Gasteiger partial charge in [0.2, 0.25) is 0 Å². The molecule has 0 saturated carbocycles. The van der Waals surface area contributed by atoms with Gasteiger partial charge < -0.3 is 0 Å². The molecular formula is C33H54NPTi. The predicted octanol–water partition coefficient (Wildman–Crippen LogP) is 11.2. The monoisotopic (exact) mass is 543 g/mol. The van der Waals surface area contributed by atoms with Gasteiger partial charge in [-0.05, 0) is 72.7 Å². The van der Waals surface area contributed by atoms with Crippen LogP contribution in [0, 0.1) is 16.2 Å². The molecule has 0 amide bonds. The Morgan fingerprint density at radius 2 is 1.28 bits per heavy atom. The first kappa shape index (κ1) is 35.1. The number of hydrogen-bond donors (Lipinski definition) is 0. The topological polar surface area (TPSA) is 12.4 Å². The van der Waals surface area contributed by atoms with Crippen molar-refractivity contribution in [2.45, 2.75) is 88.0 Å². The molecule has 0 radical (unpaired) electrons. The van der Waals surface area contributed by atoms with Crippen LogP contribution >= 0.6 is 7.05 Å². The van der Waals surface area contributed by atoms with E-state index in [1.54, 1.807) is 6.08 Å². The molecule has 1 nitrogen and oxygen atoms in total. The molecule has 0 aromatic heterocycles. The smallest absolute Gasteiger partial charge is 0.0425 e. The van der Waals surface area contributed by atoms with Crippen molar-refractivity contribution in [3.05, 3.63) is 78.6 Å². The summed E-state index contributed by atoms with van der Waals surface area (Å²) < 4.78 is 5.53. The maximum atomic E-state index is 5.53. The van der Waals surface area contributed by atoms with Crippen molar-refractivity contribution in [2.24, 2.45) is 21.0 Å². The number of allylic oxidation sites excluding steroid dienone is 5. The first-order valence-electron chi connectivity index (χ1n) is 13.4. The Hall–Kier alpha value is -0.876. The second kappa shape index (κ2) is 16.2. The fraction of sp³-hybridized carbons (Fsp3) is 0.576. The molecule has 36 heavy (non-hydrogen) atoms. The van der Waals surface area contributed by atoms with E-state index in [9.17, 15) is 0 Å². The van der Waals surface area contributed by atoms with E-state index in [1.807, 2.05) is 30.4 Å². The van der Waals surface area contributed by atoms with Gasteiger partial charge in [0.25, 0.3) is 0 Å². The van der Waals surface area contributed by atoms with Gasteiger partial charge in [-0.25, -0.2) is 0 Å². The largest absolute Gasteiger partial charge is 0.272 e. The summed E-state index contributed by atoms with van der Waals surface area (Å²) in [4.78, 5) is 0. The minimum absolute atomic E-state index is 0. The van der Waals surface area contributed by atoms with E-state index in [1.165, 1.54) is 49.0 Å². The van der Waals surface area contributed by atoms with Crippen LogP contribution in [0.2, 0.25) is 0 Å². The molecule has 2 rings (SSSR count). The molecule has 1 aliphatic carbocycles. The van der Waals surface area contributed by atoms with Gasteiger partial charge in [0.05, 0.1) is 0 Å². The molecule has 0 atom stereocenters. The Labute approximate surface area is 240 Å². The summed E-state index contributed by atoms with van der Waals surface area (Å²) in [5.41, 5.74) is 3.73. The second-order valence-corrected chi connectivity index (χ2v) is 17.3. The van der Waals surface area contributed by atoms with E-state index >= 15 is 0 Å². The van der Waals surface area contributed by atoms with Crippen molar-refractivity contribution < 1.29 is 21.7 Å². The normalized spacial score (nSPS) is 14.1. The Balaban J connectivity index is 0.000000930. The standard InChI is InChI=1S/C23H44NP.C10H10.Ti/c1-21(2,3)14-17-25(18-15-22(4,5)6,19-16-23(7,8)9)24-20-12-10-11-13-20;1-2-3-7-10-8-5-4-6-9-10;/h10-12H,13-19H2,1-9H3;2-9H,1H2;. The van der Waals surface area contributed by atoms with Crippen LogP contribution in [-0.2, 0) is 21.7 Å². The van der Waals surface area contributed by atoms with Crippen LogP contribution in [-0.4, -0.2) is 18.5 Å². The second-order valence-electron chi connectivity index (χ2n) is 13.6. The summed E-state index contributed by atoms with van der Waals surface area (Å²) >= 11 is 0. The average molecular weight is 544 g/mol. The summed E-state index contributed by atoms with van der Waals surface area (Å²) in [7, 11) is -1.32. The molecule has 0 spiro atoms. The van der Waals surface area contributed by atoms with E-state index in [2.05, 4.69) is 99.3 Å². The third kappa shape index (κ3) is 17.6. The van der Waals surface area contributed by atoms with Crippen LogP contribution in [0.5, 0.6) is 0 Å². The van der Waals surface area contributed by atoms with Gasteiger partial charge in [0.15, 0.2) is 0 Å². The van der Waals surface area contributed by atoms with Crippen LogP contribution < -0.4 is 0 Å². The zero-order chi connectivity index (χ0) is 26.6. The van der Waals surface area contributed by atoms with Crippen LogP contribution in [0.1, 0.15) is 93.6 Å². The molecule has 3 heteroatoms. The van der Waals surface area contributed by atoms with Crippen molar-refractivity contribution in [2.75, 3.05) is 18.5 Å². The maximum absolute atomic E-state index is 5.53. The third-order valence-electron chi connectivity index (χ3n) is 6.15. The van der Waals surface area contributed by atoms with E-state index in [0.717, 1.165) is 6.42 Å². The minimum atomic E-state index is -1.32. The van der Waals surface area contributed by atoms with Gasteiger partial charge >= 0.3 is 0 Å². The van der Waals surface area contributed by atoms with E-state index in [0.29, 0.717) is 16.2 Å². The molecule has 0 N–H and O–H groups in total. The molecule has 0 unspecified atom stereocenters. The van der Waals surface area contributed by atoms with Gasteiger partial charge in [-0.3, -0.25) is 4.74 Å². The molecule has 200 valence electrons. The molecule has 0 fully saturated rings. The molecule has 1 aromatic carbocycles. The van der Waals surface area contributed by atoms with E-state index in [4.69, 9.17) is 4.74 Å². The molecular weight excluding hydrogens is 489 g/mol. The van der Waals surface area contributed by atoms with Gasteiger partial charge in [0, 0.05) is 33.8 Å². The van der Waals surface area contributed by atoms with Gasteiger partial charge in [-0.2, -0.15) is 0 Å². The van der Waals surface area contributed by atoms with Crippen molar-refractivity contribution >= 4 is 13.1 Å². The molecule has 0 saturated heterocycles. The quantitative estimate of drug-likeness (QED) is 0.167. The summed E-state index contributed by atoms with van der Waals surface area (Å²) in [6.07, 6.45) is 21.3. The summed E-state index contributed by atoms with van der Waals surface area (Å²) in [6, 6.07) is 10.1. The van der Waals surface area contributed by atoms with Crippen molar-refractivity contribution in [1.82, 2.24) is 0 Å². The molecule has 0 aliphatic heterocycles. The summed E-state index contributed by atoms with van der Waals surface area (Å²) in [5.74, 6) is 0. The number of hydrogen-bond acceptors (Lipinski definition) is 1. The first-order valence-corrected chi connectivity index (χ1v) is 15.7. The maximum Gasteiger partial charge on any atom is 0.0425 e. The zero-order valence-corrected chi connectivity index (χ0v) is 27.4. The van der Waals surface area contributed by atoms with Crippen LogP contribution in [0.25, 0.3) is 6.08 Å². The third-order valence-corrected chi connectivity index (χ3v) is 10.0. The Morgan fingerprint density at radius 1 is 0.806 bits per heavy atom. The summed E-state index contributed by atoms with van der Waals surface area (Å²) in [5, 5.41) is 0. The molecule has 1 aromatic rings. The van der Waals surface area contributed by atoms with Crippen LogP contribution in [0.4, 0.5) is 0 Å². The zero-order valence-electron chi connectivity index (χ0n) is 24.9. The average Bonchev–Trinajstić information content (AvgIpc) is 3.26. The Morgan fingerprint density at radius 3 is 1.64 bits per heavy atom. The van der Waals surface area contributed by atoms with Gasteiger partial charge in [0.1, 0.15) is 0 Å². The van der Waals surface area contributed by atoms with Crippen molar-refractivity contribution in [3.8, 4) is 0 Å². The van der Waals surface area contributed by atoms with Gasteiger partial charge in [-0.15, -0.1) is 0 Å². The fourth-order valence-corrected chi connectivity index (χ4v) is 8.57. The predicted molar refractivity (Wildman–Crippen MR) is 164 cm³/mol. The number of rotatable bonds is 9. The summed E-state index contributed by atoms with van der Waals surface area (Å²) in [6.45, 7) is 25.0. The van der Waals surface area contributed by atoms with Crippen LogP contribution in [0.15, 0.2) is 77.7 Å². The van der Waals surface area contributed by atoms with Crippen LogP contribution in [0.3, 0.4) is 0 Å². The molecule has 0 bridgehead atoms. The minimum Gasteiger partial charge on any atom is -0.272 e. The first-order chi connectivity index (χ1) is 16.1. The fourth-order valence-electron chi connectivity index (χ4n) is 3.64. The van der Waals surface area contributed by atoms with Crippen molar-refractivity contribution in [3.63, 3.8) is 0 Å². The van der Waals surface area contributed by atoms with Gasteiger partial charge in [-0.1, -0.05) is 130 Å². The SMILES string of the molecule is C=CC=Cc1ccccc1.CC(C)(C)CCP(CCC(C)(C)C)(CCC(C)(C)C)=NC1=CC=CC1.[Ti].